The summed E-state index contributed by atoms with van der Waals surface area (Å²) in [5.41, 5.74) is 6.29. The number of carbonyl (C=O) groups is 1. The molecule has 0 aromatic heterocycles. The fraction of sp³-hybridized carbons (Fsp3) is 0.0645. The maximum atomic E-state index is 14.0. The van der Waals surface area contributed by atoms with Crippen molar-refractivity contribution in [3.8, 4) is 11.5 Å². The van der Waals surface area contributed by atoms with Crippen LogP contribution in [0.1, 0.15) is 39.0 Å². The number of allylic oxidation sites excluding steroid dienone is 1. The van der Waals surface area contributed by atoms with E-state index in [0.29, 0.717) is 24.3 Å². The molecule has 0 spiro atoms. The van der Waals surface area contributed by atoms with Gasteiger partial charge in [0.1, 0.15) is 17.3 Å². The van der Waals surface area contributed by atoms with E-state index in [1.54, 1.807) is 42.5 Å². The summed E-state index contributed by atoms with van der Waals surface area (Å²) < 4.78 is 19.9. The van der Waals surface area contributed by atoms with Gasteiger partial charge in [-0.15, -0.1) is 0 Å². The Balaban J connectivity index is 1.55. The topological polar surface area (TPSA) is 46.5 Å². The Labute approximate surface area is 203 Å². The summed E-state index contributed by atoms with van der Waals surface area (Å²) in [4.78, 5) is 12.4. The van der Waals surface area contributed by atoms with Gasteiger partial charge in [0.15, 0.2) is 5.78 Å². The Morgan fingerprint density at radius 1 is 0.857 bits per heavy atom. The maximum Gasteiger partial charge on any atom is 0.185 e. The number of aromatic hydroxyl groups is 1. The third kappa shape index (κ3) is 4.92. The highest BCUT2D eigenvalue weighted by Gasteiger charge is 2.21. The fourth-order valence-corrected chi connectivity index (χ4v) is 4.29. The zero-order valence-corrected chi connectivity index (χ0v) is 18.9. The second kappa shape index (κ2) is 9.82. The lowest BCUT2D eigenvalue weighted by atomic mass is 9.88. The third-order valence-electron chi connectivity index (χ3n) is 6.02. The number of halogens is 1. The van der Waals surface area contributed by atoms with Crippen LogP contribution < -0.4 is 4.74 Å². The minimum Gasteiger partial charge on any atom is -0.508 e. The molecule has 35 heavy (non-hydrogen) atoms. The number of ketones is 1. The average molecular weight is 463 g/mol. The molecular weight excluding hydrogens is 439 g/mol. The molecule has 0 unspecified atom stereocenters. The molecule has 1 aliphatic heterocycles. The molecule has 0 aliphatic carbocycles. The Morgan fingerprint density at radius 2 is 1.57 bits per heavy atom. The van der Waals surface area contributed by atoms with Crippen molar-refractivity contribution in [1.82, 2.24) is 0 Å². The number of fused-ring (bicyclic) bond motifs is 1. The molecule has 1 N–H and O–H groups in total. The van der Waals surface area contributed by atoms with Crippen LogP contribution in [0.25, 0.3) is 17.2 Å². The van der Waals surface area contributed by atoms with E-state index in [1.165, 1.54) is 12.1 Å². The first kappa shape index (κ1) is 22.4. The molecular formula is C31H23FO3. The van der Waals surface area contributed by atoms with Crippen LogP contribution in [-0.2, 0) is 0 Å². The molecule has 0 fully saturated rings. The Morgan fingerprint density at radius 3 is 2.31 bits per heavy atom. The summed E-state index contributed by atoms with van der Waals surface area (Å²) in [7, 11) is 0. The molecule has 1 aliphatic rings. The van der Waals surface area contributed by atoms with E-state index >= 15 is 0 Å². The highest BCUT2D eigenvalue weighted by atomic mass is 19.1. The summed E-state index contributed by atoms with van der Waals surface area (Å²) in [5.74, 6) is 0.305. The zero-order valence-electron chi connectivity index (χ0n) is 18.9. The van der Waals surface area contributed by atoms with Gasteiger partial charge in [0, 0.05) is 23.6 Å². The smallest absolute Gasteiger partial charge is 0.185 e. The van der Waals surface area contributed by atoms with Crippen LogP contribution in [0.15, 0.2) is 103 Å². The molecule has 0 radical (unpaired) electrons. The summed E-state index contributed by atoms with van der Waals surface area (Å²) in [6.45, 7) is 0.415. The summed E-state index contributed by atoms with van der Waals surface area (Å²) in [6, 6.07) is 28.8. The predicted octanol–water partition coefficient (Wildman–Crippen LogP) is 7.17. The van der Waals surface area contributed by atoms with Crippen molar-refractivity contribution >= 4 is 23.0 Å². The van der Waals surface area contributed by atoms with Crippen LogP contribution in [0.5, 0.6) is 11.5 Å². The SMILES string of the molecule is O=C(/C=C/c1ccc(C2=C(c3ccc(O)cc3)CCOc3cc(F)ccc32)cc1)c1ccccc1. The van der Waals surface area contributed by atoms with Gasteiger partial charge >= 0.3 is 0 Å². The van der Waals surface area contributed by atoms with Crippen molar-refractivity contribution in [1.29, 1.82) is 0 Å². The molecule has 1 heterocycles. The summed E-state index contributed by atoms with van der Waals surface area (Å²) in [5, 5.41) is 9.76. The largest absolute Gasteiger partial charge is 0.508 e. The quantitative estimate of drug-likeness (QED) is 0.253. The number of phenolic OH excluding ortho intramolecular Hbond substituents is 1. The fourth-order valence-electron chi connectivity index (χ4n) is 4.29. The summed E-state index contributed by atoms with van der Waals surface area (Å²) in [6.07, 6.45) is 4.00. The number of benzene rings is 4. The molecule has 4 aromatic rings. The average Bonchev–Trinajstić information content (AvgIpc) is 3.08. The van der Waals surface area contributed by atoms with Gasteiger partial charge in [-0.05, 0) is 58.2 Å². The number of carbonyl (C=O) groups excluding carboxylic acids is 1. The van der Waals surface area contributed by atoms with Crippen molar-refractivity contribution in [3.63, 3.8) is 0 Å². The first-order valence-corrected chi connectivity index (χ1v) is 11.4. The van der Waals surface area contributed by atoms with E-state index in [0.717, 1.165) is 33.4 Å². The number of phenols is 1. The molecule has 4 aromatic carbocycles. The third-order valence-corrected chi connectivity index (χ3v) is 6.02. The monoisotopic (exact) mass is 462 g/mol. The Hall–Kier alpha value is -4.44. The van der Waals surface area contributed by atoms with Gasteiger partial charge in [0.25, 0.3) is 0 Å². The molecule has 0 bridgehead atoms. The molecule has 3 nitrogen and oxygen atoms in total. The number of rotatable bonds is 5. The van der Waals surface area contributed by atoms with Gasteiger partial charge < -0.3 is 9.84 Å². The second-order valence-electron chi connectivity index (χ2n) is 8.32. The normalized spacial score (nSPS) is 13.3. The van der Waals surface area contributed by atoms with Crippen molar-refractivity contribution < 1.29 is 19.0 Å². The number of ether oxygens (including phenoxy) is 1. The zero-order chi connectivity index (χ0) is 24.2. The molecule has 0 amide bonds. The molecule has 0 saturated heterocycles. The highest BCUT2D eigenvalue weighted by Crippen LogP contribution is 2.41. The Bertz CT molecular complexity index is 1420. The van der Waals surface area contributed by atoms with Gasteiger partial charge in [0.2, 0.25) is 0 Å². The lowest BCUT2D eigenvalue weighted by Gasteiger charge is -2.15. The molecule has 0 atom stereocenters. The van der Waals surface area contributed by atoms with Crippen molar-refractivity contribution in [2.24, 2.45) is 0 Å². The minimum atomic E-state index is -0.347. The maximum absolute atomic E-state index is 14.0. The van der Waals surface area contributed by atoms with E-state index in [2.05, 4.69) is 0 Å². The molecule has 5 rings (SSSR count). The van der Waals surface area contributed by atoms with Gasteiger partial charge in [-0.3, -0.25) is 4.79 Å². The van der Waals surface area contributed by atoms with Crippen LogP contribution in [-0.4, -0.2) is 17.5 Å². The van der Waals surface area contributed by atoms with E-state index < -0.39 is 0 Å². The van der Waals surface area contributed by atoms with E-state index in [1.807, 2.05) is 54.6 Å². The second-order valence-corrected chi connectivity index (χ2v) is 8.32. The molecule has 4 heteroatoms. The van der Waals surface area contributed by atoms with E-state index in [-0.39, 0.29) is 17.3 Å². The molecule has 0 saturated carbocycles. The lowest BCUT2D eigenvalue weighted by Crippen LogP contribution is -1.97. The van der Waals surface area contributed by atoms with Gasteiger partial charge in [-0.1, -0.05) is 72.8 Å². The highest BCUT2D eigenvalue weighted by molar-refractivity contribution is 6.07. The predicted molar refractivity (Wildman–Crippen MR) is 137 cm³/mol. The van der Waals surface area contributed by atoms with Gasteiger partial charge in [-0.25, -0.2) is 4.39 Å². The van der Waals surface area contributed by atoms with Gasteiger partial charge in [0.05, 0.1) is 6.61 Å². The van der Waals surface area contributed by atoms with Crippen LogP contribution in [0, 0.1) is 5.82 Å². The number of hydrogen-bond acceptors (Lipinski definition) is 3. The van der Waals surface area contributed by atoms with Crippen LogP contribution in [0.2, 0.25) is 0 Å². The van der Waals surface area contributed by atoms with Crippen molar-refractivity contribution in [2.75, 3.05) is 6.61 Å². The van der Waals surface area contributed by atoms with E-state index in [9.17, 15) is 14.3 Å². The van der Waals surface area contributed by atoms with Crippen LogP contribution in [0.3, 0.4) is 0 Å². The van der Waals surface area contributed by atoms with Crippen molar-refractivity contribution in [3.05, 3.63) is 137 Å². The van der Waals surface area contributed by atoms with Crippen LogP contribution in [0.4, 0.5) is 4.39 Å². The summed E-state index contributed by atoms with van der Waals surface area (Å²) >= 11 is 0. The first-order valence-electron chi connectivity index (χ1n) is 11.4. The Kier molecular flexibility index (Phi) is 6.27. The minimum absolute atomic E-state index is 0.0520. The van der Waals surface area contributed by atoms with Crippen molar-refractivity contribution in [2.45, 2.75) is 6.42 Å². The van der Waals surface area contributed by atoms with Crippen LogP contribution >= 0.6 is 0 Å². The van der Waals surface area contributed by atoms with Gasteiger partial charge in [-0.2, -0.15) is 0 Å². The van der Waals surface area contributed by atoms with E-state index in [4.69, 9.17) is 4.74 Å². The number of hydrogen-bond donors (Lipinski definition) is 1. The standard InChI is InChI=1S/C31H23FO3/c32-25-13-16-28-30(20-25)35-19-18-27(22-11-14-26(33)15-12-22)31(28)24-9-6-21(7-10-24)8-17-29(34)23-4-2-1-3-5-23/h1-17,20,33H,18-19H2/b17-8+. The first-order chi connectivity index (χ1) is 17.1. The molecule has 172 valence electrons. The lowest BCUT2D eigenvalue weighted by molar-refractivity contribution is 0.104.